The number of rotatable bonds is 4. The lowest BCUT2D eigenvalue weighted by atomic mass is 9.97. The fourth-order valence-electron chi connectivity index (χ4n) is 3.50. The average molecular weight is 437 g/mol. The van der Waals surface area contributed by atoms with E-state index in [1.807, 2.05) is 0 Å². The first kappa shape index (κ1) is 20.1. The number of sulfone groups is 1. The van der Waals surface area contributed by atoms with Crippen LogP contribution < -0.4 is 9.83 Å². The van der Waals surface area contributed by atoms with E-state index in [9.17, 15) is 13.2 Å². The van der Waals surface area contributed by atoms with Crippen molar-refractivity contribution in [2.45, 2.75) is 23.1 Å². The molecular weight excluding hydrogens is 418 g/mol. The summed E-state index contributed by atoms with van der Waals surface area (Å²) in [6, 6.07) is 5.48. The third-order valence-electron chi connectivity index (χ3n) is 5.15. The summed E-state index contributed by atoms with van der Waals surface area (Å²) in [5, 5.41) is 5.43. The number of hydrogen-bond acceptors (Lipinski definition) is 5. The molecule has 1 fully saturated rings. The smallest absolute Gasteiger partial charge is 0.325 e. The molecule has 1 saturated heterocycles. The number of nitrogens with zero attached hydrogens (tertiary/aromatic N) is 5. The number of piperidine rings is 1. The number of carbonyl (C=O) groups is 1. The Morgan fingerprint density at radius 2 is 1.93 bits per heavy atom. The van der Waals surface area contributed by atoms with E-state index in [0.29, 0.717) is 5.69 Å². The predicted molar refractivity (Wildman–Crippen MR) is 101 cm³/mol. The van der Waals surface area contributed by atoms with Crippen LogP contribution in [-0.4, -0.2) is 52.4 Å². The number of carbonyl (C=O) groups excluding carboxylic acids is 1. The SMILES string of the molecule is O=C(Nc1ccnnc1)N1CCC(C(F)(F)S(=O)(=O)c2cc[n+]3ccccn23)CC1. The van der Waals surface area contributed by atoms with Gasteiger partial charge in [0.2, 0.25) is 17.4 Å². The molecule has 0 aliphatic carbocycles. The number of aromatic nitrogens is 4. The largest absolute Gasteiger partial charge is 0.354 e. The molecule has 4 heterocycles. The zero-order chi connectivity index (χ0) is 21.4. The minimum atomic E-state index is -4.93. The molecule has 4 rings (SSSR count). The van der Waals surface area contributed by atoms with Crippen LogP contribution in [0.1, 0.15) is 12.8 Å². The molecule has 0 bridgehead atoms. The monoisotopic (exact) mass is 437 g/mol. The van der Waals surface area contributed by atoms with Crippen LogP contribution in [0.25, 0.3) is 0 Å². The van der Waals surface area contributed by atoms with Crippen molar-refractivity contribution in [3.05, 3.63) is 55.2 Å². The third-order valence-corrected chi connectivity index (χ3v) is 7.07. The number of likely N-dealkylation sites (tertiary alicyclic amines) is 1. The molecule has 0 atom stereocenters. The van der Waals surface area contributed by atoms with E-state index in [4.69, 9.17) is 0 Å². The molecule has 0 radical (unpaired) electrons. The lowest BCUT2D eigenvalue weighted by Gasteiger charge is -2.35. The van der Waals surface area contributed by atoms with E-state index in [2.05, 4.69) is 15.5 Å². The first-order valence-electron chi connectivity index (χ1n) is 9.23. The fraction of sp³-hybridized carbons (Fsp3) is 0.333. The first-order chi connectivity index (χ1) is 14.3. The first-order valence-corrected chi connectivity index (χ1v) is 10.7. The van der Waals surface area contributed by atoms with Gasteiger partial charge in [0.1, 0.15) is 0 Å². The second-order valence-electron chi connectivity index (χ2n) is 6.95. The van der Waals surface area contributed by atoms with E-state index in [1.165, 1.54) is 34.2 Å². The Morgan fingerprint density at radius 3 is 2.63 bits per heavy atom. The molecule has 1 aliphatic rings. The van der Waals surface area contributed by atoms with E-state index >= 15 is 8.78 Å². The summed E-state index contributed by atoms with van der Waals surface area (Å²) in [6.07, 6.45) is 6.89. The van der Waals surface area contributed by atoms with E-state index in [-0.39, 0.29) is 25.9 Å². The lowest BCUT2D eigenvalue weighted by molar-refractivity contribution is -0.620. The van der Waals surface area contributed by atoms with Crippen molar-refractivity contribution in [1.29, 1.82) is 0 Å². The van der Waals surface area contributed by atoms with Crippen LogP contribution in [-0.2, 0) is 9.84 Å². The Morgan fingerprint density at radius 1 is 1.17 bits per heavy atom. The highest BCUT2D eigenvalue weighted by molar-refractivity contribution is 7.92. The zero-order valence-electron chi connectivity index (χ0n) is 15.7. The third kappa shape index (κ3) is 3.47. The van der Waals surface area contributed by atoms with Crippen LogP contribution in [0.3, 0.4) is 0 Å². The number of nitrogens with one attached hydrogen (secondary N) is 1. The summed E-state index contributed by atoms with van der Waals surface area (Å²) >= 11 is 0. The van der Waals surface area contributed by atoms with Crippen molar-refractivity contribution in [2.75, 3.05) is 18.4 Å². The van der Waals surface area contributed by atoms with Gasteiger partial charge in [-0.1, -0.05) is 4.52 Å². The van der Waals surface area contributed by atoms with Crippen molar-refractivity contribution in [3.8, 4) is 0 Å². The van der Waals surface area contributed by atoms with Gasteiger partial charge in [0.25, 0.3) is 9.84 Å². The Hall–Kier alpha value is -3.15. The summed E-state index contributed by atoms with van der Waals surface area (Å²) in [6.45, 7) is 0.0353. The van der Waals surface area contributed by atoms with Gasteiger partial charge >= 0.3 is 11.3 Å². The van der Waals surface area contributed by atoms with E-state index in [1.54, 1.807) is 24.4 Å². The quantitative estimate of drug-likeness (QED) is 0.626. The maximum absolute atomic E-state index is 15.1. The van der Waals surface area contributed by atoms with Crippen LogP contribution in [0.15, 0.2) is 60.3 Å². The van der Waals surface area contributed by atoms with Crippen LogP contribution in [0.2, 0.25) is 0 Å². The molecule has 0 aromatic carbocycles. The summed E-state index contributed by atoms with van der Waals surface area (Å²) < 4.78 is 58.4. The number of urea groups is 1. The minimum absolute atomic E-state index is 0.0176. The number of anilines is 1. The van der Waals surface area contributed by atoms with Gasteiger partial charge in [-0.25, -0.2) is 13.2 Å². The second kappa shape index (κ2) is 7.59. The maximum Gasteiger partial charge on any atom is 0.354 e. The number of hydrogen-bond donors (Lipinski definition) is 1. The summed E-state index contributed by atoms with van der Waals surface area (Å²) in [7, 11) is -4.93. The zero-order valence-corrected chi connectivity index (χ0v) is 16.5. The molecular formula is C18H19F2N6O3S+. The number of alkyl halides is 2. The molecule has 12 heteroatoms. The minimum Gasteiger partial charge on any atom is -0.325 e. The van der Waals surface area contributed by atoms with Crippen molar-refractivity contribution < 1.29 is 26.5 Å². The number of fused-ring (bicyclic) bond motifs is 1. The molecule has 3 aromatic rings. The molecule has 0 saturated carbocycles. The molecule has 0 unspecified atom stereocenters. The Kier molecular flexibility index (Phi) is 5.10. The molecule has 1 N–H and O–H groups in total. The predicted octanol–water partition coefficient (Wildman–Crippen LogP) is 1.63. The van der Waals surface area contributed by atoms with Gasteiger partial charge in [-0.2, -0.15) is 19.0 Å². The van der Waals surface area contributed by atoms with Crippen LogP contribution >= 0.6 is 0 Å². The maximum atomic E-state index is 15.1. The van der Waals surface area contributed by atoms with Crippen LogP contribution in [0, 0.1) is 5.92 Å². The highest BCUT2D eigenvalue weighted by Crippen LogP contribution is 2.40. The highest BCUT2D eigenvalue weighted by Gasteiger charge is 2.55. The van der Waals surface area contributed by atoms with Gasteiger partial charge < -0.3 is 10.2 Å². The molecule has 158 valence electrons. The van der Waals surface area contributed by atoms with Crippen molar-refractivity contribution in [3.63, 3.8) is 0 Å². The standard InChI is InChI=1S/C18H18F2N6O3S/c19-18(20,30(28,29)16-6-12-25-8-1-2-9-26(16)25)14-4-10-24(11-5-14)17(27)23-15-3-7-21-22-13-15/h1-3,6-9,12-14H,4-5,10-11H2/p+1. The Labute approximate surface area is 170 Å². The fourth-order valence-corrected chi connectivity index (χ4v) is 5.10. The Bertz CT molecular complexity index is 1160. The van der Waals surface area contributed by atoms with E-state index < -0.39 is 32.1 Å². The highest BCUT2D eigenvalue weighted by atomic mass is 32.2. The normalized spacial score (nSPS) is 16.0. The summed E-state index contributed by atoms with van der Waals surface area (Å²) in [5.74, 6) is -1.39. The average Bonchev–Trinajstić information content (AvgIpc) is 3.19. The van der Waals surface area contributed by atoms with Gasteiger partial charge in [0, 0.05) is 31.1 Å². The molecule has 0 spiro atoms. The van der Waals surface area contributed by atoms with Crippen molar-refractivity contribution >= 4 is 21.6 Å². The Balaban J connectivity index is 1.47. The second-order valence-corrected chi connectivity index (χ2v) is 8.92. The summed E-state index contributed by atoms with van der Waals surface area (Å²) in [5.41, 5.74) is 0.433. The molecule has 30 heavy (non-hydrogen) atoms. The van der Waals surface area contributed by atoms with Crippen molar-refractivity contribution in [1.82, 2.24) is 19.6 Å². The molecule has 2 amide bonds. The van der Waals surface area contributed by atoms with Gasteiger partial charge in [0.15, 0.2) is 0 Å². The lowest BCUT2D eigenvalue weighted by Crippen LogP contribution is -2.47. The van der Waals surface area contributed by atoms with Gasteiger partial charge in [-0.3, -0.25) is 0 Å². The number of halogens is 2. The van der Waals surface area contributed by atoms with E-state index in [0.717, 1.165) is 10.6 Å². The molecule has 9 nitrogen and oxygen atoms in total. The van der Waals surface area contributed by atoms with Gasteiger partial charge in [0.05, 0.1) is 24.3 Å². The summed E-state index contributed by atoms with van der Waals surface area (Å²) in [4.78, 5) is 13.7. The van der Waals surface area contributed by atoms with Gasteiger partial charge in [-0.15, -0.1) is 4.52 Å². The number of amides is 2. The van der Waals surface area contributed by atoms with Gasteiger partial charge in [-0.05, 0) is 25.0 Å². The molecule has 3 aromatic heterocycles. The van der Waals surface area contributed by atoms with Crippen molar-refractivity contribution in [2.24, 2.45) is 5.92 Å². The molecule has 1 aliphatic heterocycles. The van der Waals surface area contributed by atoms with Crippen LogP contribution in [0.4, 0.5) is 19.3 Å². The topological polar surface area (TPSA) is 101 Å². The van der Waals surface area contributed by atoms with Crippen LogP contribution in [0.5, 0.6) is 0 Å².